The van der Waals surface area contributed by atoms with Crippen molar-refractivity contribution >= 4 is 23.0 Å². The molecule has 23 heavy (non-hydrogen) atoms. The molecule has 1 amide bonds. The van der Waals surface area contributed by atoms with E-state index in [2.05, 4.69) is 12.2 Å². The van der Waals surface area contributed by atoms with Crippen LogP contribution in [0, 0.1) is 17.8 Å². The second-order valence-electron chi connectivity index (χ2n) is 7.72. The molecule has 0 aliphatic heterocycles. The number of amides is 1. The first kappa shape index (κ1) is 15.4. The lowest BCUT2D eigenvalue weighted by Gasteiger charge is -2.19. The zero-order valence-corrected chi connectivity index (χ0v) is 14.6. The first-order valence-corrected chi connectivity index (χ1v) is 9.87. The van der Waals surface area contributed by atoms with Gasteiger partial charge in [-0.2, -0.15) is 0 Å². The maximum Gasteiger partial charge on any atom is 0.252 e. The topological polar surface area (TPSA) is 46.2 Å². The first-order chi connectivity index (χ1) is 11.1. The van der Waals surface area contributed by atoms with E-state index in [4.69, 9.17) is 0 Å². The maximum absolute atomic E-state index is 12.8. The summed E-state index contributed by atoms with van der Waals surface area (Å²) in [5, 5.41) is 3.13. The molecule has 0 radical (unpaired) electrons. The Kier molecular flexibility index (Phi) is 4.04. The molecule has 124 valence electrons. The van der Waals surface area contributed by atoms with E-state index in [1.165, 1.54) is 29.7 Å². The second-order valence-corrected chi connectivity index (χ2v) is 8.91. The zero-order valence-electron chi connectivity index (χ0n) is 13.8. The SMILES string of the molecule is CC1CCc2sc(CC(=O)C3CC3)c(C(=O)NCC3CC3)c2C1. The molecule has 1 unspecified atom stereocenters. The molecule has 4 rings (SSSR count). The predicted molar refractivity (Wildman–Crippen MR) is 92.0 cm³/mol. The van der Waals surface area contributed by atoms with Crippen molar-refractivity contribution in [3.8, 4) is 0 Å². The molecule has 1 aromatic heterocycles. The molecule has 0 spiro atoms. The third-order valence-electron chi connectivity index (χ3n) is 5.42. The highest BCUT2D eigenvalue weighted by Crippen LogP contribution is 2.39. The minimum atomic E-state index is 0.0714. The smallest absolute Gasteiger partial charge is 0.252 e. The summed E-state index contributed by atoms with van der Waals surface area (Å²) in [5.74, 6) is 2.01. The third-order valence-corrected chi connectivity index (χ3v) is 6.71. The van der Waals surface area contributed by atoms with E-state index in [0.717, 1.165) is 42.7 Å². The Hall–Kier alpha value is -1.16. The molecule has 0 bridgehead atoms. The van der Waals surface area contributed by atoms with E-state index in [-0.39, 0.29) is 11.8 Å². The van der Waals surface area contributed by atoms with Crippen LogP contribution in [0.15, 0.2) is 0 Å². The summed E-state index contributed by atoms with van der Waals surface area (Å²) in [7, 11) is 0. The van der Waals surface area contributed by atoms with Gasteiger partial charge in [-0.25, -0.2) is 0 Å². The minimum absolute atomic E-state index is 0.0714. The largest absolute Gasteiger partial charge is 0.352 e. The van der Waals surface area contributed by atoms with Crippen LogP contribution in [0.4, 0.5) is 0 Å². The zero-order chi connectivity index (χ0) is 16.0. The molecule has 3 aliphatic carbocycles. The number of hydrogen-bond donors (Lipinski definition) is 1. The lowest BCUT2D eigenvalue weighted by atomic mass is 9.87. The lowest BCUT2D eigenvalue weighted by molar-refractivity contribution is -0.119. The van der Waals surface area contributed by atoms with Crippen LogP contribution in [-0.4, -0.2) is 18.2 Å². The van der Waals surface area contributed by atoms with E-state index in [0.29, 0.717) is 24.0 Å². The Morgan fingerprint density at radius 2 is 1.96 bits per heavy atom. The summed E-state index contributed by atoms with van der Waals surface area (Å²) in [6.07, 6.45) is 8.32. The number of aryl methyl sites for hydroxylation is 1. The van der Waals surface area contributed by atoms with Crippen molar-refractivity contribution in [1.29, 1.82) is 0 Å². The maximum atomic E-state index is 12.8. The summed E-state index contributed by atoms with van der Waals surface area (Å²) in [5.41, 5.74) is 2.12. The Labute approximate surface area is 141 Å². The van der Waals surface area contributed by atoms with Gasteiger partial charge in [0.05, 0.1) is 5.56 Å². The number of rotatable bonds is 6. The summed E-state index contributed by atoms with van der Waals surface area (Å²) >= 11 is 1.73. The van der Waals surface area contributed by atoms with Gasteiger partial charge in [0, 0.05) is 28.6 Å². The summed E-state index contributed by atoms with van der Waals surface area (Å²) in [6, 6.07) is 0. The van der Waals surface area contributed by atoms with Crippen molar-refractivity contribution in [2.24, 2.45) is 17.8 Å². The van der Waals surface area contributed by atoms with Crippen molar-refractivity contribution in [2.75, 3.05) is 6.54 Å². The fourth-order valence-electron chi connectivity index (χ4n) is 3.56. The van der Waals surface area contributed by atoms with Crippen LogP contribution in [0.1, 0.15) is 64.7 Å². The number of thiophene rings is 1. The van der Waals surface area contributed by atoms with Gasteiger partial charge in [-0.3, -0.25) is 9.59 Å². The second kappa shape index (κ2) is 6.04. The Morgan fingerprint density at radius 1 is 1.17 bits per heavy atom. The number of fused-ring (bicyclic) bond motifs is 1. The molecular weight excluding hydrogens is 306 g/mol. The monoisotopic (exact) mass is 331 g/mol. The van der Waals surface area contributed by atoms with Gasteiger partial charge in [0.25, 0.3) is 5.91 Å². The quantitative estimate of drug-likeness (QED) is 0.867. The molecule has 1 aromatic rings. The van der Waals surface area contributed by atoms with Crippen molar-refractivity contribution < 1.29 is 9.59 Å². The Balaban J connectivity index is 1.60. The molecule has 1 heterocycles. The molecule has 0 saturated heterocycles. The fourth-order valence-corrected chi connectivity index (χ4v) is 4.92. The third kappa shape index (κ3) is 3.37. The molecule has 3 aliphatic rings. The van der Waals surface area contributed by atoms with E-state index in [1.807, 2.05) is 0 Å². The van der Waals surface area contributed by atoms with Crippen molar-refractivity contribution in [1.82, 2.24) is 5.32 Å². The van der Waals surface area contributed by atoms with E-state index in [1.54, 1.807) is 11.3 Å². The van der Waals surface area contributed by atoms with Crippen LogP contribution in [0.5, 0.6) is 0 Å². The standard InChI is InChI=1S/C19H25NO2S/c1-11-2-7-16-14(8-11)18(19(22)20-10-12-3-4-12)17(23-16)9-15(21)13-5-6-13/h11-13H,2-10H2,1H3,(H,20,22). The number of ketones is 1. The lowest BCUT2D eigenvalue weighted by Crippen LogP contribution is -2.28. The van der Waals surface area contributed by atoms with Crippen LogP contribution >= 0.6 is 11.3 Å². The van der Waals surface area contributed by atoms with Crippen LogP contribution in [0.3, 0.4) is 0 Å². The first-order valence-electron chi connectivity index (χ1n) is 9.06. The van der Waals surface area contributed by atoms with Gasteiger partial charge in [0.1, 0.15) is 5.78 Å². The summed E-state index contributed by atoms with van der Waals surface area (Å²) in [6.45, 7) is 3.07. The number of Topliss-reactive ketones (excluding diaryl/α,β-unsaturated/α-hetero) is 1. The number of carbonyl (C=O) groups is 2. The molecule has 3 nitrogen and oxygen atoms in total. The van der Waals surface area contributed by atoms with Gasteiger partial charge in [-0.05, 0) is 62.3 Å². The Bertz CT molecular complexity index is 640. The van der Waals surface area contributed by atoms with Crippen LogP contribution in [0.2, 0.25) is 0 Å². The minimum Gasteiger partial charge on any atom is -0.352 e. The molecule has 1 N–H and O–H groups in total. The van der Waals surface area contributed by atoms with Crippen LogP contribution in [0.25, 0.3) is 0 Å². The summed E-state index contributed by atoms with van der Waals surface area (Å²) in [4.78, 5) is 27.5. The van der Waals surface area contributed by atoms with Crippen molar-refractivity contribution in [3.63, 3.8) is 0 Å². The number of hydrogen-bond acceptors (Lipinski definition) is 3. The Morgan fingerprint density at radius 3 is 2.65 bits per heavy atom. The van der Waals surface area contributed by atoms with E-state index < -0.39 is 0 Å². The van der Waals surface area contributed by atoms with Gasteiger partial charge in [-0.15, -0.1) is 11.3 Å². The number of carbonyl (C=O) groups excluding carboxylic acids is 2. The number of nitrogens with one attached hydrogen (secondary N) is 1. The average molecular weight is 331 g/mol. The van der Waals surface area contributed by atoms with Gasteiger partial charge in [0.15, 0.2) is 0 Å². The molecule has 2 saturated carbocycles. The van der Waals surface area contributed by atoms with Crippen molar-refractivity contribution in [2.45, 2.75) is 58.3 Å². The van der Waals surface area contributed by atoms with Gasteiger partial charge in [0.2, 0.25) is 0 Å². The van der Waals surface area contributed by atoms with Crippen molar-refractivity contribution in [3.05, 3.63) is 20.9 Å². The van der Waals surface area contributed by atoms with Gasteiger partial charge in [-0.1, -0.05) is 6.92 Å². The van der Waals surface area contributed by atoms with Crippen LogP contribution in [-0.2, 0) is 24.1 Å². The highest BCUT2D eigenvalue weighted by molar-refractivity contribution is 7.12. The van der Waals surface area contributed by atoms with Crippen LogP contribution < -0.4 is 5.32 Å². The van der Waals surface area contributed by atoms with E-state index in [9.17, 15) is 9.59 Å². The summed E-state index contributed by atoms with van der Waals surface area (Å²) < 4.78 is 0. The van der Waals surface area contributed by atoms with Gasteiger partial charge < -0.3 is 5.32 Å². The fraction of sp³-hybridized carbons (Fsp3) is 0.684. The molecule has 4 heteroatoms. The molecule has 2 fully saturated rings. The molecule has 0 aromatic carbocycles. The molecular formula is C19H25NO2S. The van der Waals surface area contributed by atoms with E-state index >= 15 is 0 Å². The highest BCUT2D eigenvalue weighted by Gasteiger charge is 2.33. The molecule has 1 atom stereocenters. The predicted octanol–water partition coefficient (Wildman–Crippen LogP) is 3.53. The highest BCUT2D eigenvalue weighted by atomic mass is 32.1. The normalized spacial score (nSPS) is 23.4. The van der Waals surface area contributed by atoms with Gasteiger partial charge >= 0.3 is 0 Å². The average Bonchev–Trinajstić information content (AvgIpc) is 3.42.